The Kier molecular flexibility index (Phi) is 44.6. The van der Waals surface area contributed by atoms with Crippen LogP contribution < -0.4 is 0 Å². The van der Waals surface area contributed by atoms with E-state index in [9.17, 15) is 28.9 Å². The van der Waals surface area contributed by atoms with Gasteiger partial charge in [0.15, 0.2) is 6.10 Å². The normalized spacial score (nSPS) is 14.0. The number of phosphoric acid groups is 1. The second-order valence-electron chi connectivity index (χ2n) is 16.6. The van der Waals surface area contributed by atoms with Crippen LogP contribution >= 0.6 is 7.82 Å². The Balaban J connectivity index is 4.74. The van der Waals surface area contributed by atoms with Gasteiger partial charge in [0, 0.05) is 19.3 Å². The standard InChI is InChI=1S/C52H91O11P/c1-4-7-10-13-16-19-21-23-24-26-28-31-34-37-40-43-52(56)63-49(45-59-50(54)41-38-35-32-29-18-15-12-9-6-3)47-61-64(57,58)60-46-48(44-53)62-51(55)42-39-36-33-30-27-25-22-20-17-14-11-8-5-2/h7,10-11,14,16,19-20,22-24,48-49,53H,4-6,8-9,12-13,15,17-18,21,25-47H2,1-3H3,(H,57,58)/b10-7-,14-11-,19-16-,22-20-,24-23-. The molecule has 0 aliphatic carbocycles. The lowest BCUT2D eigenvalue weighted by Gasteiger charge is -2.21. The fraction of sp³-hybridized carbons (Fsp3) is 0.750. The van der Waals surface area contributed by atoms with E-state index in [0.717, 1.165) is 116 Å². The SMILES string of the molecule is CC/C=C\C/C=C\C/C=C\CCCCCCCC(=O)OC(COC(=O)CCCCCCCCCCC)COP(=O)(O)OCC(CO)OC(=O)CCCCCCC/C=C\C/C=C\CCC. The van der Waals surface area contributed by atoms with Crippen LogP contribution in [0.15, 0.2) is 60.8 Å². The first kappa shape index (κ1) is 61.2. The highest BCUT2D eigenvalue weighted by molar-refractivity contribution is 7.47. The molecule has 0 aliphatic rings. The van der Waals surface area contributed by atoms with Gasteiger partial charge in [0.2, 0.25) is 0 Å². The van der Waals surface area contributed by atoms with Gasteiger partial charge < -0.3 is 24.2 Å². The van der Waals surface area contributed by atoms with Gasteiger partial charge in [0.25, 0.3) is 0 Å². The zero-order valence-corrected chi connectivity index (χ0v) is 41.4. The average Bonchev–Trinajstić information content (AvgIpc) is 3.28. The molecule has 0 aliphatic heterocycles. The van der Waals surface area contributed by atoms with E-state index in [2.05, 4.69) is 81.5 Å². The van der Waals surface area contributed by atoms with Gasteiger partial charge in [-0.05, 0) is 77.0 Å². The fourth-order valence-electron chi connectivity index (χ4n) is 6.58. The maximum Gasteiger partial charge on any atom is 0.472 e. The van der Waals surface area contributed by atoms with Crippen molar-refractivity contribution < 1.29 is 52.2 Å². The van der Waals surface area contributed by atoms with Crippen LogP contribution in [0.2, 0.25) is 0 Å². The molecule has 0 heterocycles. The molecule has 0 fully saturated rings. The molecule has 370 valence electrons. The van der Waals surface area contributed by atoms with E-state index in [1.165, 1.54) is 38.5 Å². The summed E-state index contributed by atoms with van der Waals surface area (Å²) in [5.41, 5.74) is 0. The molecule has 0 radical (unpaired) electrons. The molecule has 64 heavy (non-hydrogen) atoms. The third kappa shape index (κ3) is 44.4. The van der Waals surface area contributed by atoms with Crippen molar-refractivity contribution in [2.45, 2.75) is 226 Å². The highest BCUT2D eigenvalue weighted by atomic mass is 31.2. The number of ether oxygens (including phenoxy) is 3. The maximum absolute atomic E-state index is 12.8. The van der Waals surface area contributed by atoms with Crippen molar-refractivity contribution >= 4 is 25.7 Å². The largest absolute Gasteiger partial charge is 0.472 e. The Morgan fingerprint density at radius 3 is 1.31 bits per heavy atom. The third-order valence-electron chi connectivity index (χ3n) is 10.4. The van der Waals surface area contributed by atoms with E-state index in [4.69, 9.17) is 23.3 Å². The Labute approximate surface area is 389 Å². The van der Waals surface area contributed by atoms with Crippen molar-refractivity contribution in [3.63, 3.8) is 0 Å². The lowest BCUT2D eigenvalue weighted by molar-refractivity contribution is -0.161. The van der Waals surface area contributed by atoms with Crippen LogP contribution in [-0.4, -0.2) is 66.5 Å². The van der Waals surface area contributed by atoms with E-state index < -0.39 is 57.8 Å². The Morgan fingerprint density at radius 1 is 0.453 bits per heavy atom. The first-order valence-corrected chi connectivity index (χ1v) is 26.7. The first-order valence-electron chi connectivity index (χ1n) is 25.2. The van der Waals surface area contributed by atoms with E-state index in [1.807, 2.05) is 0 Å². The summed E-state index contributed by atoms with van der Waals surface area (Å²) in [5.74, 6) is -1.50. The summed E-state index contributed by atoms with van der Waals surface area (Å²) in [6.45, 7) is 4.39. The molecule has 0 saturated carbocycles. The monoisotopic (exact) mass is 923 g/mol. The molecule has 0 rings (SSSR count). The molecule has 3 unspecified atom stereocenters. The van der Waals surface area contributed by atoms with Crippen LogP contribution in [0.4, 0.5) is 0 Å². The third-order valence-corrected chi connectivity index (χ3v) is 11.4. The van der Waals surface area contributed by atoms with E-state index in [0.29, 0.717) is 19.3 Å². The van der Waals surface area contributed by atoms with Crippen LogP contribution in [0.3, 0.4) is 0 Å². The number of rotatable bonds is 46. The van der Waals surface area contributed by atoms with Crippen molar-refractivity contribution in [1.82, 2.24) is 0 Å². The van der Waals surface area contributed by atoms with Gasteiger partial charge >= 0.3 is 25.7 Å². The molecule has 0 aromatic rings. The second-order valence-corrected chi connectivity index (χ2v) is 18.1. The Morgan fingerprint density at radius 2 is 0.844 bits per heavy atom. The molecule has 0 bridgehead atoms. The number of phosphoric ester groups is 1. The van der Waals surface area contributed by atoms with Crippen LogP contribution in [0, 0.1) is 0 Å². The minimum Gasteiger partial charge on any atom is -0.462 e. The summed E-state index contributed by atoms with van der Waals surface area (Å²) in [6, 6.07) is 0. The van der Waals surface area contributed by atoms with Crippen LogP contribution in [0.5, 0.6) is 0 Å². The Hall–Kier alpha value is -2.82. The van der Waals surface area contributed by atoms with Crippen molar-refractivity contribution in [3.05, 3.63) is 60.8 Å². The molecular formula is C52H91O11P. The Bertz CT molecular complexity index is 1310. The minimum absolute atomic E-state index is 0.147. The molecule has 0 amide bonds. The summed E-state index contributed by atoms with van der Waals surface area (Å²) in [4.78, 5) is 48.2. The number of aliphatic hydroxyl groups is 1. The second kappa shape index (κ2) is 46.7. The summed E-state index contributed by atoms with van der Waals surface area (Å²) < 4.78 is 39.2. The van der Waals surface area contributed by atoms with Gasteiger partial charge in [-0.2, -0.15) is 0 Å². The predicted molar refractivity (Wildman–Crippen MR) is 261 cm³/mol. The van der Waals surface area contributed by atoms with Gasteiger partial charge in [-0.25, -0.2) is 4.57 Å². The van der Waals surface area contributed by atoms with Crippen LogP contribution in [-0.2, 0) is 42.2 Å². The lowest BCUT2D eigenvalue weighted by Crippen LogP contribution is -2.30. The van der Waals surface area contributed by atoms with E-state index in [-0.39, 0.29) is 25.9 Å². The number of hydrogen-bond acceptors (Lipinski definition) is 10. The number of unbranched alkanes of at least 4 members (excludes halogenated alkanes) is 19. The minimum atomic E-state index is -4.74. The van der Waals surface area contributed by atoms with Crippen molar-refractivity contribution in [2.24, 2.45) is 0 Å². The number of carbonyl (C=O) groups is 3. The smallest absolute Gasteiger partial charge is 0.462 e. The average molecular weight is 923 g/mol. The van der Waals surface area contributed by atoms with Crippen molar-refractivity contribution in [1.29, 1.82) is 0 Å². The van der Waals surface area contributed by atoms with Gasteiger partial charge in [-0.15, -0.1) is 0 Å². The lowest BCUT2D eigenvalue weighted by atomic mass is 10.1. The molecule has 0 saturated heterocycles. The van der Waals surface area contributed by atoms with Gasteiger partial charge in [-0.1, -0.05) is 178 Å². The number of carbonyl (C=O) groups excluding carboxylic acids is 3. The number of aliphatic hydroxyl groups excluding tert-OH is 1. The molecule has 0 spiro atoms. The van der Waals surface area contributed by atoms with Crippen LogP contribution in [0.1, 0.15) is 213 Å². The van der Waals surface area contributed by atoms with E-state index in [1.54, 1.807) is 0 Å². The topological polar surface area (TPSA) is 155 Å². The molecule has 2 N–H and O–H groups in total. The summed E-state index contributed by atoms with van der Waals surface area (Å²) in [6.07, 6.45) is 47.7. The summed E-state index contributed by atoms with van der Waals surface area (Å²) in [5, 5.41) is 9.75. The van der Waals surface area contributed by atoms with Crippen molar-refractivity contribution in [2.75, 3.05) is 26.4 Å². The van der Waals surface area contributed by atoms with Gasteiger partial charge in [0.1, 0.15) is 12.7 Å². The molecule has 12 heteroatoms. The highest BCUT2D eigenvalue weighted by Gasteiger charge is 2.28. The maximum atomic E-state index is 12.8. The fourth-order valence-corrected chi connectivity index (χ4v) is 7.37. The highest BCUT2D eigenvalue weighted by Crippen LogP contribution is 2.43. The van der Waals surface area contributed by atoms with Gasteiger partial charge in [-0.3, -0.25) is 23.4 Å². The van der Waals surface area contributed by atoms with Gasteiger partial charge in [0.05, 0.1) is 19.8 Å². The first-order chi connectivity index (χ1) is 31.2. The zero-order chi connectivity index (χ0) is 47.0. The zero-order valence-electron chi connectivity index (χ0n) is 40.5. The van der Waals surface area contributed by atoms with E-state index >= 15 is 0 Å². The number of esters is 3. The molecule has 0 aromatic carbocycles. The summed E-state index contributed by atoms with van der Waals surface area (Å²) >= 11 is 0. The molecule has 11 nitrogen and oxygen atoms in total. The molecule has 0 aromatic heterocycles. The van der Waals surface area contributed by atoms with Crippen LogP contribution in [0.25, 0.3) is 0 Å². The number of allylic oxidation sites excluding steroid dienone is 10. The molecular weight excluding hydrogens is 832 g/mol. The quantitative estimate of drug-likeness (QED) is 0.0197. The number of hydrogen-bond donors (Lipinski definition) is 2. The predicted octanol–water partition coefficient (Wildman–Crippen LogP) is 14.0. The molecule has 3 atom stereocenters. The summed E-state index contributed by atoms with van der Waals surface area (Å²) in [7, 11) is -4.74. The van der Waals surface area contributed by atoms with Crippen molar-refractivity contribution in [3.8, 4) is 0 Å².